The highest BCUT2D eigenvalue weighted by atomic mass is 16.5. The molecule has 0 radical (unpaired) electrons. The summed E-state index contributed by atoms with van der Waals surface area (Å²) in [6, 6.07) is 7.55. The SMILES string of the molecule is CC.COc1cccc(C(=O)NC2CCN(C)CC2)c1. The van der Waals surface area contributed by atoms with Crippen LogP contribution in [0.5, 0.6) is 5.75 Å². The fourth-order valence-corrected chi connectivity index (χ4v) is 2.19. The van der Waals surface area contributed by atoms with Gasteiger partial charge in [0.05, 0.1) is 7.11 Å². The molecule has 0 aliphatic carbocycles. The zero-order valence-corrected chi connectivity index (χ0v) is 13.0. The number of carbonyl (C=O) groups is 1. The highest BCUT2D eigenvalue weighted by Crippen LogP contribution is 2.14. The van der Waals surface area contributed by atoms with Crippen molar-refractivity contribution in [1.82, 2.24) is 10.2 Å². The molecule has 1 aliphatic rings. The van der Waals surface area contributed by atoms with Crippen molar-refractivity contribution < 1.29 is 9.53 Å². The molecule has 1 N–H and O–H groups in total. The maximum Gasteiger partial charge on any atom is 0.251 e. The van der Waals surface area contributed by atoms with E-state index in [0.29, 0.717) is 17.4 Å². The highest BCUT2D eigenvalue weighted by molar-refractivity contribution is 5.94. The number of hydrogen-bond acceptors (Lipinski definition) is 3. The van der Waals surface area contributed by atoms with Gasteiger partial charge in [0, 0.05) is 11.6 Å². The summed E-state index contributed by atoms with van der Waals surface area (Å²) in [7, 11) is 3.72. The van der Waals surface area contributed by atoms with Crippen LogP contribution in [0.4, 0.5) is 0 Å². The van der Waals surface area contributed by atoms with Crippen LogP contribution in [0.2, 0.25) is 0 Å². The fourth-order valence-electron chi connectivity index (χ4n) is 2.19. The highest BCUT2D eigenvalue weighted by Gasteiger charge is 2.19. The lowest BCUT2D eigenvalue weighted by Crippen LogP contribution is -2.43. The average molecular weight is 278 g/mol. The molecule has 1 aromatic rings. The maximum absolute atomic E-state index is 12.1. The molecule has 2 rings (SSSR count). The van der Waals surface area contributed by atoms with Crippen molar-refractivity contribution in [1.29, 1.82) is 0 Å². The molecule has 1 saturated heterocycles. The van der Waals surface area contributed by atoms with E-state index in [1.807, 2.05) is 32.0 Å². The predicted molar refractivity (Wildman–Crippen MR) is 82.3 cm³/mol. The van der Waals surface area contributed by atoms with Gasteiger partial charge in [0.2, 0.25) is 0 Å². The molecule has 0 saturated carbocycles. The fraction of sp³-hybridized carbons (Fsp3) is 0.562. The molecule has 0 bridgehead atoms. The summed E-state index contributed by atoms with van der Waals surface area (Å²) in [5.41, 5.74) is 0.660. The number of hydrogen-bond donors (Lipinski definition) is 1. The Bertz CT molecular complexity index is 413. The third-order valence-corrected chi connectivity index (χ3v) is 3.39. The van der Waals surface area contributed by atoms with E-state index in [9.17, 15) is 4.79 Å². The van der Waals surface area contributed by atoms with Gasteiger partial charge in [-0.05, 0) is 51.2 Å². The molecule has 0 spiro atoms. The van der Waals surface area contributed by atoms with Gasteiger partial charge < -0.3 is 15.0 Å². The van der Waals surface area contributed by atoms with Crippen molar-refractivity contribution in [3.63, 3.8) is 0 Å². The molecule has 1 aliphatic heterocycles. The molecule has 112 valence electrons. The van der Waals surface area contributed by atoms with Gasteiger partial charge in [0.1, 0.15) is 5.75 Å². The Morgan fingerprint density at radius 3 is 2.55 bits per heavy atom. The molecule has 0 aromatic heterocycles. The van der Waals surface area contributed by atoms with E-state index in [2.05, 4.69) is 17.3 Å². The molecule has 1 fully saturated rings. The zero-order valence-electron chi connectivity index (χ0n) is 13.0. The van der Waals surface area contributed by atoms with Gasteiger partial charge in [-0.15, -0.1) is 0 Å². The number of amides is 1. The van der Waals surface area contributed by atoms with E-state index in [1.165, 1.54) is 0 Å². The first-order chi connectivity index (χ1) is 9.69. The van der Waals surface area contributed by atoms with Gasteiger partial charge in [-0.25, -0.2) is 0 Å². The van der Waals surface area contributed by atoms with Crippen molar-refractivity contribution in [2.24, 2.45) is 0 Å². The minimum Gasteiger partial charge on any atom is -0.497 e. The molecule has 0 atom stereocenters. The van der Waals surface area contributed by atoms with Gasteiger partial charge in [0.15, 0.2) is 0 Å². The van der Waals surface area contributed by atoms with Crippen LogP contribution in [0.1, 0.15) is 37.0 Å². The third kappa shape index (κ3) is 4.85. The maximum atomic E-state index is 12.1. The molecule has 20 heavy (non-hydrogen) atoms. The quantitative estimate of drug-likeness (QED) is 0.924. The van der Waals surface area contributed by atoms with E-state index >= 15 is 0 Å². The van der Waals surface area contributed by atoms with Gasteiger partial charge >= 0.3 is 0 Å². The smallest absolute Gasteiger partial charge is 0.251 e. The van der Waals surface area contributed by atoms with Gasteiger partial charge in [-0.3, -0.25) is 4.79 Å². The minimum absolute atomic E-state index is 0.0107. The largest absolute Gasteiger partial charge is 0.497 e. The number of piperidine rings is 1. The predicted octanol–water partition coefficient (Wildman–Crippen LogP) is 2.55. The lowest BCUT2D eigenvalue weighted by molar-refractivity contribution is 0.0916. The number of nitrogens with one attached hydrogen (secondary N) is 1. The van der Waals surface area contributed by atoms with Crippen LogP contribution in [0.3, 0.4) is 0 Å². The minimum atomic E-state index is -0.0107. The van der Waals surface area contributed by atoms with E-state index in [0.717, 1.165) is 25.9 Å². The zero-order chi connectivity index (χ0) is 15.0. The van der Waals surface area contributed by atoms with E-state index in [4.69, 9.17) is 4.74 Å². The molecular formula is C16H26N2O2. The lowest BCUT2D eigenvalue weighted by Gasteiger charge is -2.29. The monoisotopic (exact) mass is 278 g/mol. The molecule has 4 heteroatoms. The topological polar surface area (TPSA) is 41.6 Å². The first-order valence-electron chi connectivity index (χ1n) is 7.32. The van der Waals surface area contributed by atoms with E-state index < -0.39 is 0 Å². The first-order valence-corrected chi connectivity index (χ1v) is 7.32. The summed E-state index contributed by atoms with van der Waals surface area (Å²) in [5.74, 6) is 0.703. The summed E-state index contributed by atoms with van der Waals surface area (Å²) in [4.78, 5) is 14.4. The normalized spacial score (nSPS) is 16.0. The molecule has 1 aromatic carbocycles. The number of likely N-dealkylation sites (tertiary alicyclic amines) is 1. The standard InChI is InChI=1S/C14H20N2O2.C2H6/c1-16-8-6-12(7-9-16)15-14(17)11-4-3-5-13(10-11)18-2;1-2/h3-5,10,12H,6-9H2,1-2H3,(H,15,17);1-2H3. The number of benzene rings is 1. The number of carbonyl (C=O) groups excluding carboxylic acids is 1. The van der Waals surface area contributed by atoms with Crippen molar-refractivity contribution in [2.45, 2.75) is 32.7 Å². The van der Waals surface area contributed by atoms with Gasteiger partial charge in [-0.1, -0.05) is 19.9 Å². The number of rotatable bonds is 3. The average Bonchev–Trinajstić information content (AvgIpc) is 2.51. The second kappa shape index (κ2) is 8.59. The summed E-state index contributed by atoms with van der Waals surface area (Å²) in [5, 5.41) is 3.09. The molecular weight excluding hydrogens is 252 g/mol. The van der Waals surface area contributed by atoms with Crippen LogP contribution in [0, 0.1) is 0 Å². The second-order valence-electron chi connectivity index (χ2n) is 4.78. The van der Waals surface area contributed by atoms with Crippen LogP contribution in [-0.2, 0) is 0 Å². The first kappa shape index (κ1) is 16.5. The van der Waals surface area contributed by atoms with Crippen LogP contribution >= 0.6 is 0 Å². The summed E-state index contributed by atoms with van der Waals surface area (Å²) in [6.45, 7) is 6.09. The Balaban J connectivity index is 0.000000956. The van der Waals surface area contributed by atoms with E-state index in [-0.39, 0.29) is 5.91 Å². The Morgan fingerprint density at radius 1 is 1.30 bits per heavy atom. The van der Waals surface area contributed by atoms with Gasteiger partial charge in [-0.2, -0.15) is 0 Å². The molecule has 4 nitrogen and oxygen atoms in total. The number of methoxy groups -OCH3 is 1. The van der Waals surface area contributed by atoms with Gasteiger partial charge in [0.25, 0.3) is 5.91 Å². The number of nitrogens with zero attached hydrogens (tertiary/aromatic N) is 1. The third-order valence-electron chi connectivity index (χ3n) is 3.39. The summed E-state index contributed by atoms with van der Waals surface area (Å²) in [6.07, 6.45) is 2.04. The van der Waals surface area contributed by atoms with Crippen molar-refractivity contribution in [2.75, 3.05) is 27.2 Å². The summed E-state index contributed by atoms with van der Waals surface area (Å²) >= 11 is 0. The van der Waals surface area contributed by atoms with Crippen LogP contribution in [0.25, 0.3) is 0 Å². The van der Waals surface area contributed by atoms with E-state index in [1.54, 1.807) is 13.2 Å². The van der Waals surface area contributed by atoms with Crippen molar-refractivity contribution in [3.05, 3.63) is 29.8 Å². The Kier molecular flexibility index (Phi) is 7.09. The Labute approximate surface area is 122 Å². The van der Waals surface area contributed by atoms with Crippen molar-refractivity contribution >= 4 is 5.91 Å². The van der Waals surface area contributed by atoms with Crippen LogP contribution in [-0.4, -0.2) is 44.1 Å². The Hall–Kier alpha value is -1.55. The second-order valence-corrected chi connectivity index (χ2v) is 4.78. The molecule has 1 heterocycles. The summed E-state index contributed by atoms with van der Waals surface area (Å²) < 4.78 is 5.12. The Morgan fingerprint density at radius 2 is 1.95 bits per heavy atom. The molecule has 1 amide bonds. The number of ether oxygens (including phenoxy) is 1. The van der Waals surface area contributed by atoms with Crippen LogP contribution in [0.15, 0.2) is 24.3 Å². The van der Waals surface area contributed by atoms with Crippen LogP contribution < -0.4 is 10.1 Å². The van der Waals surface area contributed by atoms with Crippen molar-refractivity contribution in [3.8, 4) is 5.75 Å². The molecule has 0 unspecified atom stereocenters. The lowest BCUT2D eigenvalue weighted by atomic mass is 10.0.